The summed E-state index contributed by atoms with van der Waals surface area (Å²) in [5.74, 6) is 1.50. The smallest absolute Gasteiger partial charge is 0.323 e. The molecule has 0 atom stereocenters. The average molecular weight is 524 g/mol. The zero-order chi connectivity index (χ0) is 27.2. The number of urea groups is 1. The maximum atomic E-state index is 12.5. The van der Waals surface area contributed by atoms with E-state index in [1.165, 1.54) is 0 Å². The number of anilines is 3. The highest BCUT2D eigenvalue weighted by atomic mass is 16.5. The summed E-state index contributed by atoms with van der Waals surface area (Å²) in [5, 5.41) is 18.7. The van der Waals surface area contributed by atoms with Gasteiger partial charge in [-0.2, -0.15) is 5.26 Å². The molecule has 0 fully saturated rings. The lowest BCUT2D eigenvalue weighted by Gasteiger charge is -2.18. The minimum atomic E-state index is -0.392. The lowest BCUT2D eigenvalue weighted by Crippen LogP contribution is -2.21. The standard InChI is InChI=1S/C29H25N5O5/c1-37-12-13-38-27-16-25-23(15-19(27)17-30)26(10-11-31-25)39-22-6-3-20(4-7-22)32-29(36)33-21-5-8-24-18(14-21)2-9-28(35)34-24/h3-8,10-11,14-16H,2,9,12-13H2,1H3,(H,34,35)(H2,32,33,36). The van der Waals surface area contributed by atoms with Crippen LogP contribution >= 0.6 is 0 Å². The van der Waals surface area contributed by atoms with Gasteiger partial charge >= 0.3 is 6.03 Å². The number of hydrogen-bond acceptors (Lipinski definition) is 7. The highest BCUT2D eigenvalue weighted by molar-refractivity contribution is 6.00. The maximum absolute atomic E-state index is 12.5. The van der Waals surface area contributed by atoms with Gasteiger partial charge in [0.15, 0.2) is 0 Å². The monoisotopic (exact) mass is 523 g/mol. The number of fused-ring (bicyclic) bond motifs is 2. The number of pyridine rings is 1. The lowest BCUT2D eigenvalue weighted by molar-refractivity contribution is -0.116. The fourth-order valence-corrected chi connectivity index (χ4v) is 4.17. The van der Waals surface area contributed by atoms with E-state index in [0.717, 1.165) is 11.3 Å². The second-order valence-corrected chi connectivity index (χ2v) is 8.75. The van der Waals surface area contributed by atoms with Crippen LogP contribution in [0.2, 0.25) is 0 Å². The zero-order valence-electron chi connectivity index (χ0n) is 21.1. The molecule has 196 valence electrons. The van der Waals surface area contributed by atoms with Crippen LogP contribution in [0.3, 0.4) is 0 Å². The van der Waals surface area contributed by atoms with Crippen molar-refractivity contribution in [2.75, 3.05) is 36.3 Å². The Bertz CT molecular complexity index is 1580. The number of carbonyl (C=O) groups excluding carboxylic acids is 2. The van der Waals surface area contributed by atoms with E-state index < -0.39 is 6.03 Å². The molecule has 10 nitrogen and oxygen atoms in total. The van der Waals surface area contributed by atoms with E-state index in [-0.39, 0.29) is 5.91 Å². The normalized spacial score (nSPS) is 12.2. The Morgan fingerprint density at radius 3 is 2.59 bits per heavy atom. The van der Waals surface area contributed by atoms with Gasteiger partial charge in [-0.3, -0.25) is 9.78 Å². The van der Waals surface area contributed by atoms with Crippen molar-refractivity contribution in [3.63, 3.8) is 0 Å². The Labute approximate surface area is 224 Å². The number of nitrogens with zero attached hydrogens (tertiary/aromatic N) is 2. The third kappa shape index (κ3) is 6.06. The van der Waals surface area contributed by atoms with Gasteiger partial charge in [0, 0.05) is 48.2 Å². The summed E-state index contributed by atoms with van der Waals surface area (Å²) in [6, 6.07) is 19.2. The highest BCUT2D eigenvalue weighted by Crippen LogP contribution is 2.33. The number of nitrogens with one attached hydrogen (secondary N) is 3. The predicted octanol–water partition coefficient (Wildman–Crippen LogP) is 5.45. The number of aryl methyl sites for hydroxylation is 1. The molecule has 0 radical (unpaired) electrons. The molecule has 0 saturated heterocycles. The number of hydrogen-bond donors (Lipinski definition) is 3. The number of ether oxygens (including phenoxy) is 3. The first-order valence-corrected chi connectivity index (χ1v) is 12.3. The Morgan fingerprint density at radius 2 is 1.79 bits per heavy atom. The molecule has 39 heavy (non-hydrogen) atoms. The number of methoxy groups -OCH3 is 1. The third-order valence-corrected chi connectivity index (χ3v) is 6.07. The van der Waals surface area contributed by atoms with E-state index in [2.05, 4.69) is 27.0 Å². The molecule has 1 aromatic heterocycles. The van der Waals surface area contributed by atoms with Gasteiger partial charge in [-0.1, -0.05) is 0 Å². The number of nitriles is 1. The molecule has 3 aromatic carbocycles. The molecule has 10 heteroatoms. The van der Waals surface area contributed by atoms with E-state index in [9.17, 15) is 14.9 Å². The number of aromatic nitrogens is 1. The van der Waals surface area contributed by atoms with Crippen LogP contribution in [0.15, 0.2) is 66.9 Å². The van der Waals surface area contributed by atoms with Gasteiger partial charge < -0.3 is 30.2 Å². The summed E-state index contributed by atoms with van der Waals surface area (Å²) >= 11 is 0. The van der Waals surface area contributed by atoms with Crippen LogP contribution in [0.5, 0.6) is 17.2 Å². The van der Waals surface area contributed by atoms with Crippen molar-refractivity contribution < 1.29 is 23.8 Å². The Morgan fingerprint density at radius 1 is 1.00 bits per heavy atom. The SMILES string of the molecule is COCCOc1cc2nccc(Oc3ccc(NC(=O)Nc4ccc5c(c4)CCC(=O)N5)cc3)c2cc1C#N. The zero-order valence-corrected chi connectivity index (χ0v) is 21.1. The average Bonchev–Trinajstić information content (AvgIpc) is 2.94. The van der Waals surface area contributed by atoms with Crippen molar-refractivity contribution in [1.82, 2.24) is 4.98 Å². The van der Waals surface area contributed by atoms with E-state index in [4.69, 9.17) is 14.2 Å². The fraction of sp³-hybridized carbons (Fsp3) is 0.172. The molecule has 1 aliphatic rings. The molecule has 3 N–H and O–H groups in total. The molecular weight excluding hydrogens is 498 g/mol. The largest absolute Gasteiger partial charge is 0.490 e. The molecule has 0 aliphatic carbocycles. The first kappa shape index (κ1) is 25.5. The van der Waals surface area contributed by atoms with Crippen LogP contribution in [-0.2, 0) is 16.0 Å². The van der Waals surface area contributed by atoms with E-state index >= 15 is 0 Å². The first-order chi connectivity index (χ1) is 19.0. The number of rotatable bonds is 8. The van der Waals surface area contributed by atoms with Gasteiger partial charge in [0.05, 0.1) is 17.7 Å². The summed E-state index contributed by atoms with van der Waals surface area (Å²) in [5.41, 5.74) is 3.96. The third-order valence-electron chi connectivity index (χ3n) is 6.07. The van der Waals surface area contributed by atoms with Crippen molar-refractivity contribution in [2.45, 2.75) is 12.8 Å². The predicted molar refractivity (Wildman–Crippen MR) is 146 cm³/mol. The molecule has 3 amide bonds. The molecule has 0 bridgehead atoms. The number of benzene rings is 3. The van der Waals surface area contributed by atoms with Gasteiger partial charge in [0.1, 0.15) is 29.9 Å². The molecule has 0 saturated carbocycles. The van der Waals surface area contributed by atoms with E-state index in [1.807, 2.05) is 6.07 Å². The molecule has 5 rings (SSSR count). The maximum Gasteiger partial charge on any atom is 0.323 e. The topological polar surface area (TPSA) is 135 Å². The minimum absolute atomic E-state index is 0.00475. The van der Waals surface area contributed by atoms with Crippen LogP contribution in [-0.4, -0.2) is 37.2 Å². The molecular formula is C29H25N5O5. The second kappa shape index (κ2) is 11.5. The van der Waals surface area contributed by atoms with Crippen molar-refractivity contribution in [2.24, 2.45) is 0 Å². The molecule has 1 aliphatic heterocycles. The van der Waals surface area contributed by atoms with E-state index in [0.29, 0.717) is 71.1 Å². The summed E-state index contributed by atoms with van der Waals surface area (Å²) in [7, 11) is 1.58. The minimum Gasteiger partial charge on any atom is -0.490 e. The Balaban J connectivity index is 1.25. The van der Waals surface area contributed by atoms with Gasteiger partial charge in [-0.25, -0.2) is 4.79 Å². The second-order valence-electron chi connectivity index (χ2n) is 8.75. The molecule has 0 unspecified atom stereocenters. The van der Waals surface area contributed by atoms with Gasteiger partial charge in [0.25, 0.3) is 0 Å². The van der Waals surface area contributed by atoms with Crippen LogP contribution in [0.1, 0.15) is 17.5 Å². The lowest BCUT2D eigenvalue weighted by atomic mass is 10.0. The summed E-state index contributed by atoms with van der Waals surface area (Å²) in [6.07, 6.45) is 2.68. The highest BCUT2D eigenvalue weighted by Gasteiger charge is 2.16. The number of carbonyl (C=O) groups is 2. The van der Waals surface area contributed by atoms with Crippen molar-refractivity contribution in [3.8, 4) is 23.3 Å². The molecule has 2 heterocycles. The van der Waals surface area contributed by atoms with Gasteiger partial charge in [0.2, 0.25) is 5.91 Å². The first-order valence-electron chi connectivity index (χ1n) is 12.3. The summed E-state index contributed by atoms with van der Waals surface area (Å²) in [6.45, 7) is 0.721. The van der Waals surface area contributed by atoms with Crippen LogP contribution < -0.4 is 25.4 Å². The summed E-state index contributed by atoms with van der Waals surface area (Å²) in [4.78, 5) is 28.4. The quantitative estimate of drug-likeness (QED) is 0.261. The van der Waals surface area contributed by atoms with Gasteiger partial charge in [-0.15, -0.1) is 0 Å². The number of amides is 3. The Kier molecular flexibility index (Phi) is 7.52. The van der Waals surface area contributed by atoms with Crippen molar-refractivity contribution in [3.05, 3.63) is 78.0 Å². The molecule has 4 aromatic rings. The van der Waals surface area contributed by atoms with E-state index in [1.54, 1.807) is 67.9 Å². The van der Waals surface area contributed by atoms with Crippen LogP contribution in [0.4, 0.5) is 21.9 Å². The molecule has 0 spiro atoms. The van der Waals surface area contributed by atoms with Crippen LogP contribution in [0, 0.1) is 11.3 Å². The van der Waals surface area contributed by atoms with Crippen LogP contribution in [0.25, 0.3) is 10.9 Å². The van der Waals surface area contributed by atoms with Crippen molar-refractivity contribution in [1.29, 1.82) is 5.26 Å². The van der Waals surface area contributed by atoms with Gasteiger partial charge in [-0.05, 0) is 66.6 Å². The Hall–Kier alpha value is -5.14. The summed E-state index contributed by atoms with van der Waals surface area (Å²) < 4.78 is 16.7. The van der Waals surface area contributed by atoms with Crippen molar-refractivity contribution >= 4 is 39.9 Å². The fourth-order valence-electron chi connectivity index (χ4n) is 4.17.